The Bertz CT molecular complexity index is 936. The standard InChI is InChI=1S/C18H21N3O3S3/c1-2-13-16(17(22)20-14(11-19)15-9-6-10-25-15)26-18(21-13)27(23,24)12-7-4-3-5-8-12/h6,9-10,12,14H,2-5,7-8H2,1H3,(H,20,22). The van der Waals surface area contributed by atoms with Crippen LogP contribution in [0.1, 0.15) is 65.3 Å². The molecule has 6 nitrogen and oxygen atoms in total. The minimum atomic E-state index is -3.52. The molecule has 1 unspecified atom stereocenters. The lowest BCUT2D eigenvalue weighted by Gasteiger charge is -2.20. The number of aromatic nitrogens is 1. The summed E-state index contributed by atoms with van der Waals surface area (Å²) in [6, 6.07) is 4.91. The van der Waals surface area contributed by atoms with E-state index in [2.05, 4.69) is 16.4 Å². The number of thiazole rings is 1. The lowest BCUT2D eigenvalue weighted by molar-refractivity contribution is 0.0948. The monoisotopic (exact) mass is 423 g/mol. The molecular weight excluding hydrogens is 402 g/mol. The predicted molar refractivity (Wildman–Crippen MR) is 106 cm³/mol. The normalized spacial score (nSPS) is 16.6. The molecule has 0 saturated heterocycles. The van der Waals surface area contributed by atoms with Crippen LogP contribution in [0.4, 0.5) is 0 Å². The van der Waals surface area contributed by atoms with Crippen LogP contribution in [0.2, 0.25) is 0 Å². The van der Waals surface area contributed by atoms with Gasteiger partial charge in [-0.05, 0) is 30.7 Å². The van der Waals surface area contributed by atoms with Gasteiger partial charge in [-0.3, -0.25) is 4.79 Å². The van der Waals surface area contributed by atoms with Gasteiger partial charge in [-0.1, -0.05) is 43.6 Å². The molecule has 0 aromatic carbocycles. The number of thiophene rings is 1. The Morgan fingerprint density at radius 3 is 2.74 bits per heavy atom. The van der Waals surface area contributed by atoms with Crippen LogP contribution in [0.5, 0.6) is 0 Å². The Morgan fingerprint density at radius 2 is 2.15 bits per heavy atom. The second-order valence-electron chi connectivity index (χ2n) is 6.47. The predicted octanol–water partition coefficient (Wildman–Crippen LogP) is 3.87. The summed E-state index contributed by atoms with van der Waals surface area (Å²) in [7, 11) is -3.52. The molecule has 0 bridgehead atoms. The summed E-state index contributed by atoms with van der Waals surface area (Å²) in [4.78, 5) is 18.0. The van der Waals surface area contributed by atoms with Gasteiger partial charge in [-0.2, -0.15) is 5.26 Å². The molecule has 0 spiro atoms. The van der Waals surface area contributed by atoms with Crippen LogP contribution in [0.25, 0.3) is 0 Å². The van der Waals surface area contributed by atoms with Crippen LogP contribution in [-0.2, 0) is 16.3 Å². The first-order chi connectivity index (χ1) is 13.0. The molecule has 9 heteroatoms. The number of aryl methyl sites for hydroxylation is 1. The fraction of sp³-hybridized carbons (Fsp3) is 0.500. The molecule has 144 valence electrons. The summed E-state index contributed by atoms with van der Waals surface area (Å²) >= 11 is 2.31. The molecule has 1 atom stereocenters. The lowest BCUT2D eigenvalue weighted by atomic mass is 10.0. The van der Waals surface area contributed by atoms with Gasteiger partial charge in [0.05, 0.1) is 17.0 Å². The van der Waals surface area contributed by atoms with Crippen molar-refractivity contribution in [1.82, 2.24) is 10.3 Å². The van der Waals surface area contributed by atoms with Crippen molar-refractivity contribution in [1.29, 1.82) is 5.26 Å². The summed E-state index contributed by atoms with van der Waals surface area (Å²) in [5.41, 5.74) is 0.467. The third-order valence-corrected chi connectivity index (χ3v) is 9.39. The van der Waals surface area contributed by atoms with E-state index in [9.17, 15) is 18.5 Å². The van der Waals surface area contributed by atoms with Crippen molar-refractivity contribution >= 4 is 38.4 Å². The second kappa shape index (κ2) is 8.50. The number of nitriles is 1. The fourth-order valence-corrected chi connectivity index (χ4v) is 7.31. The summed E-state index contributed by atoms with van der Waals surface area (Å²) in [5.74, 6) is -0.450. The Hall–Kier alpha value is -1.76. The molecule has 0 aliphatic heterocycles. The molecule has 2 aromatic heterocycles. The van der Waals surface area contributed by atoms with Crippen molar-refractivity contribution in [2.45, 2.75) is 61.1 Å². The number of nitrogens with one attached hydrogen (secondary N) is 1. The molecule has 1 aliphatic rings. The Kier molecular flexibility index (Phi) is 6.29. The first kappa shape index (κ1) is 20.0. The number of rotatable bonds is 6. The van der Waals surface area contributed by atoms with Crippen molar-refractivity contribution in [2.75, 3.05) is 0 Å². The Balaban J connectivity index is 1.86. The molecule has 1 fully saturated rings. The van der Waals surface area contributed by atoms with Crippen molar-refractivity contribution < 1.29 is 13.2 Å². The van der Waals surface area contributed by atoms with Crippen molar-refractivity contribution in [3.05, 3.63) is 33.0 Å². The zero-order valence-electron chi connectivity index (χ0n) is 15.0. The van der Waals surface area contributed by atoms with E-state index in [0.717, 1.165) is 35.5 Å². The number of carbonyl (C=O) groups excluding carboxylic acids is 1. The van der Waals surface area contributed by atoms with Gasteiger partial charge in [0.25, 0.3) is 5.91 Å². The van der Waals surface area contributed by atoms with Crippen LogP contribution in [0, 0.1) is 11.3 Å². The van der Waals surface area contributed by atoms with Crippen LogP contribution in [0.3, 0.4) is 0 Å². The summed E-state index contributed by atoms with van der Waals surface area (Å²) < 4.78 is 25.9. The van der Waals surface area contributed by atoms with E-state index in [1.54, 1.807) is 6.07 Å². The third-order valence-electron chi connectivity index (χ3n) is 4.69. The Labute approximate surface area is 167 Å². The molecule has 1 N–H and O–H groups in total. The zero-order chi connectivity index (χ0) is 19.4. The summed E-state index contributed by atoms with van der Waals surface area (Å²) in [6.45, 7) is 1.84. The zero-order valence-corrected chi connectivity index (χ0v) is 17.4. The van der Waals surface area contributed by atoms with Crippen LogP contribution in [-0.4, -0.2) is 24.6 Å². The summed E-state index contributed by atoms with van der Waals surface area (Å²) in [5, 5.41) is 13.5. The smallest absolute Gasteiger partial charge is 0.264 e. The second-order valence-corrected chi connectivity index (χ2v) is 10.8. The number of nitrogens with zero attached hydrogens (tertiary/aromatic N) is 2. The quantitative estimate of drug-likeness (QED) is 0.760. The maximum atomic E-state index is 12.9. The number of hydrogen-bond acceptors (Lipinski definition) is 7. The minimum absolute atomic E-state index is 0.0287. The highest BCUT2D eigenvalue weighted by Crippen LogP contribution is 2.32. The van der Waals surface area contributed by atoms with Crippen molar-refractivity contribution in [2.24, 2.45) is 0 Å². The maximum Gasteiger partial charge on any atom is 0.264 e. The molecular formula is C18H21N3O3S3. The molecule has 2 heterocycles. The average molecular weight is 424 g/mol. The van der Waals surface area contributed by atoms with E-state index in [0.29, 0.717) is 25.0 Å². The van der Waals surface area contributed by atoms with E-state index >= 15 is 0 Å². The van der Waals surface area contributed by atoms with E-state index in [-0.39, 0.29) is 9.22 Å². The van der Waals surface area contributed by atoms with E-state index < -0.39 is 27.0 Å². The lowest BCUT2D eigenvalue weighted by Crippen LogP contribution is -2.27. The van der Waals surface area contributed by atoms with Gasteiger partial charge < -0.3 is 5.32 Å². The number of sulfone groups is 1. The molecule has 27 heavy (non-hydrogen) atoms. The average Bonchev–Trinajstić information content (AvgIpc) is 3.36. The highest BCUT2D eigenvalue weighted by atomic mass is 32.2. The first-order valence-corrected chi connectivity index (χ1v) is 12.2. The van der Waals surface area contributed by atoms with Gasteiger partial charge in [0.1, 0.15) is 4.88 Å². The molecule has 3 rings (SSSR count). The first-order valence-electron chi connectivity index (χ1n) is 8.94. The SMILES string of the molecule is CCc1nc(S(=O)(=O)C2CCCCC2)sc1C(=O)NC(C#N)c1cccs1. The number of carbonyl (C=O) groups is 1. The van der Waals surface area contributed by atoms with Crippen molar-refractivity contribution in [3.63, 3.8) is 0 Å². The summed E-state index contributed by atoms with van der Waals surface area (Å²) in [6.07, 6.45) is 4.65. The van der Waals surface area contributed by atoms with E-state index in [1.807, 2.05) is 18.4 Å². The number of amides is 1. The van der Waals surface area contributed by atoms with Crippen LogP contribution < -0.4 is 5.32 Å². The highest BCUT2D eigenvalue weighted by molar-refractivity contribution is 7.94. The van der Waals surface area contributed by atoms with Crippen LogP contribution >= 0.6 is 22.7 Å². The van der Waals surface area contributed by atoms with E-state index in [4.69, 9.17) is 0 Å². The van der Waals surface area contributed by atoms with E-state index in [1.165, 1.54) is 11.3 Å². The van der Waals surface area contributed by atoms with Gasteiger partial charge in [-0.25, -0.2) is 13.4 Å². The maximum absolute atomic E-state index is 12.9. The fourth-order valence-electron chi connectivity index (χ4n) is 3.21. The molecule has 0 radical (unpaired) electrons. The van der Waals surface area contributed by atoms with Gasteiger partial charge in [-0.15, -0.1) is 11.3 Å². The molecule has 1 amide bonds. The highest BCUT2D eigenvalue weighted by Gasteiger charge is 2.33. The van der Waals surface area contributed by atoms with Gasteiger partial charge in [0.15, 0.2) is 6.04 Å². The number of hydrogen-bond donors (Lipinski definition) is 1. The van der Waals surface area contributed by atoms with Gasteiger partial charge in [0.2, 0.25) is 14.2 Å². The Morgan fingerprint density at radius 1 is 1.41 bits per heavy atom. The van der Waals surface area contributed by atoms with Crippen LogP contribution in [0.15, 0.2) is 21.9 Å². The van der Waals surface area contributed by atoms with Gasteiger partial charge >= 0.3 is 0 Å². The minimum Gasteiger partial charge on any atom is -0.331 e. The molecule has 1 saturated carbocycles. The topological polar surface area (TPSA) is 99.9 Å². The third kappa shape index (κ3) is 4.23. The molecule has 1 aliphatic carbocycles. The molecule has 2 aromatic rings. The largest absolute Gasteiger partial charge is 0.331 e. The van der Waals surface area contributed by atoms with Gasteiger partial charge in [0, 0.05) is 4.88 Å². The van der Waals surface area contributed by atoms with Crippen molar-refractivity contribution in [3.8, 4) is 6.07 Å².